The van der Waals surface area contributed by atoms with Gasteiger partial charge < -0.3 is 15.2 Å². The van der Waals surface area contributed by atoms with Crippen molar-refractivity contribution in [1.82, 2.24) is 0 Å². The minimum absolute atomic E-state index is 0.369. The fraction of sp³-hybridized carbons (Fsp3) is 0.538. The lowest BCUT2D eigenvalue weighted by Crippen LogP contribution is -2.29. The average Bonchev–Trinajstić information content (AvgIpc) is 2.86. The van der Waals surface area contributed by atoms with Gasteiger partial charge in [0.05, 0.1) is 6.61 Å². The van der Waals surface area contributed by atoms with Crippen LogP contribution in [0.2, 0.25) is 5.02 Å². The quantitative estimate of drug-likeness (QED) is 0.878. The van der Waals surface area contributed by atoms with Crippen molar-refractivity contribution in [2.24, 2.45) is 17.6 Å². The van der Waals surface area contributed by atoms with Crippen LogP contribution in [0.5, 0.6) is 5.75 Å². The van der Waals surface area contributed by atoms with Gasteiger partial charge in [0.25, 0.3) is 0 Å². The van der Waals surface area contributed by atoms with E-state index in [9.17, 15) is 0 Å². The molecule has 0 saturated carbocycles. The third kappa shape index (κ3) is 3.60. The van der Waals surface area contributed by atoms with Gasteiger partial charge in [0, 0.05) is 24.2 Å². The highest BCUT2D eigenvalue weighted by Gasteiger charge is 2.25. The van der Waals surface area contributed by atoms with Crippen LogP contribution in [-0.2, 0) is 4.74 Å². The number of nitrogens with two attached hydrogens (primary N) is 1. The number of hydrogen-bond acceptors (Lipinski definition) is 3. The Morgan fingerprint density at radius 2 is 2.18 bits per heavy atom. The molecule has 2 N–H and O–H groups in total. The Kier molecular flexibility index (Phi) is 4.66. The molecule has 1 aliphatic heterocycles. The zero-order chi connectivity index (χ0) is 12.1. The molecule has 0 amide bonds. The van der Waals surface area contributed by atoms with E-state index >= 15 is 0 Å². The topological polar surface area (TPSA) is 44.5 Å². The van der Waals surface area contributed by atoms with E-state index in [1.54, 1.807) is 0 Å². The Hall–Kier alpha value is -0.770. The summed E-state index contributed by atoms with van der Waals surface area (Å²) in [6.07, 6.45) is 1.09. The molecule has 1 aromatic rings. The highest BCUT2D eigenvalue weighted by atomic mass is 35.5. The van der Waals surface area contributed by atoms with Crippen LogP contribution in [0.1, 0.15) is 6.42 Å². The summed E-state index contributed by atoms with van der Waals surface area (Å²) >= 11 is 5.81. The van der Waals surface area contributed by atoms with Crippen LogP contribution >= 0.6 is 11.6 Å². The summed E-state index contributed by atoms with van der Waals surface area (Å²) in [5, 5.41) is 0.719. The maximum atomic E-state index is 5.81. The highest BCUT2D eigenvalue weighted by molar-refractivity contribution is 6.30. The molecule has 4 heteroatoms. The number of halogens is 1. The lowest BCUT2D eigenvalue weighted by molar-refractivity contribution is 0.150. The average molecular weight is 256 g/mol. The Bertz CT molecular complexity index is 336. The molecule has 17 heavy (non-hydrogen) atoms. The Labute approximate surface area is 107 Å². The summed E-state index contributed by atoms with van der Waals surface area (Å²) in [5.74, 6) is 1.74. The molecule has 2 atom stereocenters. The van der Waals surface area contributed by atoms with Gasteiger partial charge in [-0.05, 0) is 43.1 Å². The molecule has 0 radical (unpaired) electrons. The van der Waals surface area contributed by atoms with Crippen LogP contribution in [0.25, 0.3) is 0 Å². The lowest BCUT2D eigenvalue weighted by Gasteiger charge is -2.20. The van der Waals surface area contributed by atoms with Crippen molar-refractivity contribution in [2.45, 2.75) is 6.42 Å². The van der Waals surface area contributed by atoms with Gasteiger partial charge in [-0.1, -0.05) is 11.6 Å². The minimum Gasteiger partial charge on any atom is -0.493 e. The van der Waals surface area contributed by atoms with E-state index in [2.05, 4.69) is 0 Å². The molecule has 1 aromatic carbocycles. The van der Waals surface area contributed by atoms with Gasteiger partial charge in [0.1, 0.15) is 5.75 Å². The van der Waals surface area contributed by atoms with Gasteiger partial charge in [-0.3, -0.25) is 0 Å². The zero-order valence-corrected chi connectivity index (χ0v) is 10.5. The summed E-state index contributed by atoms with van der Waals surface area (Å²) in [6, 6.07) is 7.40. The van der Waals surface area contributed by atoms with Crippen molar-refractivity contribution in [3.05, 3.63) is 29.3 Å². The molecule has 3 nitrogen and oxygen atoms in total. The monoisotopic (exact) mass is 255 g/mol. The van der Waals surface area contributed by atoms with Gasteiger partial charge in [0.15, 0.2) is 0 Å². The fourth-order valence-electron chi connectivity index (χ4n) is 2.06. The molecule has 1 saturated heterocycles. The van der Waals surface area contributed by atoms with Crippen molar-refractivity contribution < 1.29 is 9.47 Å². The standard InChI is InChI=1S/C13H18ClNO2/c14-12-1-3-13(4-2-12)17-9-11(7-15)10-5-6-16-8-10/h1-4,10-11H,5-9,15H2. The predicted octanol–water partition coefficient (Wildman–Crippen LogP) is 2.33. The summed E-state index contributed by atoms with van der Waals surface area (Å²) in [4.78, 5) is 0. The van der Waals surface area contributed by atoms with E-state index in [-0.39, 0.29) is 0 Å². The van der Waals surface area contributed by atoms with Crippen molar-refractivity contribution in [2.75, 3.05) is 26.4 Å². The maximum Gasteiger partial charge on any atom is 0.119 e. The SMILES string of the molecule is NCC(COc1ccc(Cl)cc1)C1CCOC1. The van der Waals surface area contributed by atoms with Crippen molar-refractivity contribution in [3.8, 4) is 5.75 Å². The normalized spacial score (nSPS) is 21.4. The first kappa shape index (κ1) is 12.7. The van der Waals surface area contributed by atoms with Crippen LogP contribution < -0.4 is 10.5 Å². The molecule has 1 aliphatic rings. The summed E-state index contributed by atoms with van der Waals surface area (Å²) in [6.45, 7) is 2.95. The van der Waals surface area contributed by atoms with Gasteiger partial charge >= 0.3 is 0 Å². The first-order valence-electron chi connectivity index (χ1n) is 5.96. The van der Waals surface area contributed by atoms with Gasteiger partial charge in [-0.25, -0.2) is 0 Å². The molecule has 1 fully saturated rings. The molecule has 2 unspecified atom stereocenters. The third-order valence-electron chi connectivity index (χ3n) is 3.21. The number of benzene rings is 1. The van der Waals surface area contributed by atoms with E-state index in [0.29, 0.717) is 25.0 Å². The number of ether oxygens (including phenoxy) is 2. The minimum atomic E-state index is 0.369. The lowest BCUT2D eigenvalue weighted by atomic mass is 9.92. The van der Waals surface area contributed by atoms with Gasteiger partial charge in [-0.15, -0.1) is 0 Å². The molecular weight excluding hydrogens is 238 g/mol. The second-order valence-corrected chi connectivity index (χ2v) is 4.82. The van der Waals surface area contributed by atoms with Crippen LogP contribution in [0, 0.1) is 11.8 Å². The smallest absolute Gasteiger partial charge is 0.119 e. The van der Waals surface area contributed by atoms with Gasteiger partial charge in [0.2, 0.25) is 0 Å². The summed E-state index contributed by atoms with van der Waals surface area (Å²) < 4.78 is 11.1. The molecular formula is C13H18ClNO2. The second kappa shape index (κ2) is 6.24. The Balaban J connectivity index is 1.84. The van der Waals surface area contributed by atoms with Crippen LogP contribution in [0.4, 0.5) is 0 Å². The van der Waals surface area contributed by atoms with Crippen molar-refractivity contribution in [1.29, 1.82) is 0 Å². The molecule has 1 heterocycles. The Morgan fingerprint density at radius 1 is 1.41 bits per heavy atom. The molecule has 0 aliphatic carbocycles. The first-order chi connectivity index (χ1) is 8.29. The largest absolute Gasteiger partial charge is 0.493 e. The molecule has 94 valence electrons. The van der Waals surface area contributed by atoms with E-state index < -0.39 is 0 Å². The second-order valence-electron chi connectivity index (χ2n) is 4.38. The summed E-state index contributed by atoms with van der Waals surface area (Å²) in [7, 11) is 0. The predicted molar refractivity (Wildman–Crippen MR) is 68.4 cm³/mol. The maximum absolute atomic E-state index is 5.81. The van der Waals surface area contributed by atoms with E-state index in [4.69, 9.17) is 26.8 Å². The fourth-order valence-corrected chi connectivity index (χ4v) is 2.18. The molecule has 0 bridgehead atoms. The third-order valence-corrected chi connectivity index (χ3v) is 3.46. The van der Waals surface area contributed by atoms with Crippen LogP contribution in [0.15, 0.2) is 24.3 Å². The first-order valence-corrected chi connectivity index (χ1v) is 6.33. The molecule has 0 spiro atoms. The van der Waals surface area contributed by atoms with E-state index in [1.807, 2.05) is 24.3 Å². The van der Waals surface area contributed by atoms with Crippen molar-refractivity contribution >= 4 is 11.6 Å². The number of rotatable bonds is 5. The van der Waals surface area contributed by atoms with Crippen LogP contribution in [0.3, 0.4) is 0 Å². The van der Waals surface area contributed by atoms with Crippen LogP contribution in [-0.4, -0.2) is 26.4 Å². The van der Waals surface area contributed by atoms with Gasteiger partial charge in [-0.2, -0.15) is 0 Å². The zero-order valence-electron chi connectivity index (χ0n) is 9.77. The Morgan fingerprint density at radius 3 is 2.76 bits per heavy atom. The van der Waals surface area contributed by atoms with E-state index in [1.165, 1.54) is 0 Å². The highest BCUT2D eigenvalue weighted by Crippen LogP contribution is 2.23. The summed E-state index contributed by atoms with van der Waals surface area (Å²) in [5.41, 5.74) is 5.78. The number of hydrogen-bond donors (Lipinski definition) is 1. The molecule has 0 aromatic heterocycles. The van der Waals surface area contributed by atoms with Crippen molar-refractivity contribution in [3.63, 3.8) is 0 Å². The molecule has 2 rings (SSSR count). The van der Waals surface area contributed by atoms with E-state index in [0.717, 1.165) is 30.4 Å².